The highest BCUT2D eigenvalue weighted by molar-refractivity contribution is 5.47. The van der Waals surface area contributed by atoms with E-state index in [1.807, 2.05) is 18.2 Å². The Morgan fingerprint density at radius 2 is 2.00 bits per heavy atom. The topological polar surface area (TPSA) is 46.2 Å². The van der Waals surface area contributed by atoms with E-state index in [1.165, 1.54) is 0 Å². The molecule has 0 radical (unpaired) electrons. The first-order chi connectivity index (χ1) is 4.72. The number of nitrogen functional groups attached to an aromatic ring is 1. The fourth-order valence-electron chi connectivity index (χ4n) is 0.891. The van der Waals surface area contributed by atoms with E-state index in [2.05, 4.69) is 0 Å². The maximum atomic E-state index is 9.12. The summed E-state index contributed by atoms with van der Waals surface area (Å²) in [5, 5.41) is 9.12. The van der Waals surface area contributed by atoms with Crippen molar-refractivity contribution >= 4 is 5.69 Å². The number of hydrogen-bond donors (Lipinski definition) is 2. The lowest BCUT2D eigenvalue weighted by molar-refractivity contribution is 0.200. The van der Waals surface area contributed by atoms with Crippen LogP contribution in [0.4, 0.5) is 5.69 Å². The molecule has 0 saturated carbocycles. The summed E-state index contributed by atoms with van der Waals surface area (Å²) in [7, 11) is 0. The number of nitrogens with two attached hydrogens (primary N) is 1. The van der Waals surface area contributed by atoms with Gasteiger partial charge in [0.25, 0.3) is 0 Å². The Bertz CT molecular complexity index is 220. The second kappa shape index (κ2) is 2.71. The van der Waals surface area contributed by atoms with Gasteiger partial charge in [0.2, 0.25) is 0 Å². The fraction of sp³-hybridized carbons (Fsp3) is 0.250. The average molecular weight is 137 g/mol. The minimum atomic E-state index is -0.471. The molecule has 0 spiro atoms. The van der Waals surface area contributed by atoms with E-state index in [0.717, 1.165) is 5.56 Å². The third kappa shape index (κ3) is 1.28. The normalized spacial score (nSPS) is 13.0. The Labute approximate surface area is 60.3 Å². The molecule has 2 heteroatoms. The number of aliphatic hydroxyl groups is 1. The maximum Gasteiger partial charge on any atom is 0.0781 e. The van der Waals surface area contributed by atoms with Crippen LogP contribution in [0.25, 0.3) is 0 Å². The smallest absolute Gasteiger partial charge is 0.0781 e. The summed E-state index contributed by atoms with van der Waals surface area (Å²) >= 11 is 0. The zero-order valence-corrected chi connectivity index (χ0v) is 5.91. The van der Waals surface area contributed by atoms with E-state index in [4.69, 9.17) is 10.8 Å². The number of benzene rings is 1. The second-order valence-electron chi connectivity index (χ2n) is 2.30. The zero-order chi connectivity index (χ0) is 7.56. The third-order valence-electron chi connectivity index (χ3n) is 1.45. The van der Waals surface area contributed by atoms with Crippen LogP contribution in [-0.4, -0.2) is 5.11 Å². The van der Waals surface area contributed by atoms with Gasteiger partial charge in [-0.1, -0.05) is 18.2 Å². The molecule has 1 aromatic rings. The Balaban J connectivity index is 3.03. The summed E-state index contributed by atoms with van der Waals surface area (Å²) < 4.78 is 0. The Morgan fingerprint density at radius 1 is 1.40 bits per heavy atom. The van der Waals surface area contributed by atoms with E-state index in [1.54, 1.807) is 13.0 Å². The van der Waals surface area contributed by atoms with Gasteiger partial charge >= 0.3 is 0 Å². The molecule has 3 N–H and O–H groups in total. The molecular formula is C8H11NO. The molecule has 0 saturated heterocycles. The van der Waals surface area contributed by atoms with Gasteiger partial charge in [-0.3, -0.25) is 0 Å². The van der Waals surface area contributed by atoms with Gasteiger partial charge in [0, 0.05) is 11.3 Å². The molecule has 0 aliphatic carbocycles. The highest BCUT2D eigenvalue weighted by atomic mass is 16.3. The number of anilines is 1. The summed E-state index contributed by atoms with van der Waals surface area (Å²) in [6.45, 7) is 1.70. The molecule has 10 heavy (non-hydrogen) atoms. The Morgan fingerprint density at radius 3 is 2.40 bits per heavy atom. The lowest BCUT2D eigenvalue weighted by atomic mass is 10.1. The van der Waals surface area contributed by atoms with Gasteiger partial charge in [0.05, 0.1) is 6.10 Å². The van der Waals surface area contributed by atoms with Gasteiger partial charge in [-0.2, -0.15) is 0 Å². The minimum absolute atomic E-state index is 0.471. The molecule has 1 aromatic carbocycles. The van der Waals surface area contributed by atoms with Gasteiger partial charge in [-0.25, -0.2) is 0 Å². The number of para-hydroxylation sites is 1. The summed E-state index contributed by atoms with van der Waals surface area (Å²) in [6, 6.07) is 7.31. The van der Waals surface area contributed by atoms with Gasteiger partial charge < -0.3 is 10.8 Å². The van der Waals surface area contributed by atoms with Crippen LogP contribution in [0.1, 0.15) is 18.6 Å². The van der Waals surface area contributed by atoms with Gasteiger partial charge in [-0.05, 0) is 13.0 Å². The number of rotatable bonds is 1. The van der Waals surface area contributed by atoms with Crippen LogP contribution in [0.5, 0.6) is 0 Å². The first-order valence-electron chi connectivity index (χ1n) is 3.24. The van der Waals surface area contributed by atoms with Crippen molar-refractivity contribution in [2.24, 2.45) is 0 Å². The molecule has 0 aliphatic heterocycles. The van der Waals surface area contributed by atoms with Crippen molar-refractivity contribution in [3.8, 4) is 0 Å². The largest absolute Gasteiger partial charge is 0.398 e. The summed E-state index contributed by atoms with van der Waals surface area (Å²) in [5.41, 5.74) is 7.01. The standard InChI is InChI=1S/C8H11NO/c1-6(10)7-4-2-3-5-8(7)9/h2-6,10H,9H2,1H3/t6-/m0/s1. The van der Waals surface area contributed by atoms with Crippen LogP contribution in [0.3, 0.4) is 0 Å². The van der Waals surface area contributed by atoms with Crippen LogP contribution < -0.4 is 5.73 Å². The highest BCUT2D eigenvalue weighted by Gasteiger charge is 2.01. The van der Waals surface area contributed by atoms with Crippen molar-refractivity contribution in [2.75, 3.05) is 5.73 Å². The predicted octanol–water partition coefficient (Wildman–Crippen LogP) is 1.32. The summed E-state index contributed by atoms with van der Waals surface area (Å²) in [4.78, 5) is 0. The second-order valence-corrected chi connectivity index (χ2v) is 2.30. The van der Waals surface area contributed by atoms with Gasteiger partial charge in [0.1, 0.15) is 0 Å². The molecule has 0 heterocycles. The van der Waals surface area contributed by atoms with Crippen molar-refractivity contribution in [1.29, 1.82) is 0 Å². The molecule has 0 fully saturated rings. The van der Waals surface area contributed by atoms with Crippen LogP contribution in [-0.2, 0) is 0 Å². The van der Waals surface area contributed by atoms with Crippen molar-refractivity contribution in [3.05, 3.63) is 29.8 Å². The van der Waals surface area contributed by atoms with Crippen molar-refractivity contribution in [2.45, 2.75) is 13.0 Å². The fourth-order valence-corrected chi connectivity index (χ4v) is 0.891. The molecule has 0 unspecified atom stereocenters. The van der Waals surface area contributed by atoms with Crippen LogP contribution in [0.2, 0.25) is 0 Å². The van der Waals surface area contributed by atoms with Crippen LogP contribution in [0, 0.1) is 0 Å². The van der Waals surface area contributed by atoms with Crippen molar-refractivity contribution in [1.82, 2.24) is 0 Å². The summed E-state index contributed by atoms with van der Waals surface area (Å²) in [6.07, 6.45) is -0.471. The van der Waals surface area contributed by atoms with Gasteiger partial charge in [0.15, 0.2) is 0 Å². The SMILES string of the molecule is C[C@H](O)c1ccccc1N. The van der Waals surface area contributed by atoms with Crippen molar-refractivity contribution in [3.63, 3.8) is 0 Å². The summed E-state index contributed by atoms with van der Waals surface area (Å²) in [5.74, 6) is 0. The molecule has 2 nitrogen and oxygen atoms in total. The first-order valence-corrected chi connectivity index (χ1v) is 3.24. The lowest BCUT2D eigenvalue weighted by Gasteiger charge is -2.06. The highest BCUT2D eigenvalue weighted by Crippen LogP contribution is 2.18. The maximum absolute atomic E-state index is 9.12. The molecular weight excluding hydrogens is 126 g/mol. The Kier molecular flexibility index (Phi) is 1.92. The third-order valence-corrected chi connectivity index (χ3v) is 1.45. The lowest BCUT2D eigenvalue weighted by Crippen LogP contribution is -1.96. The molecule has 1 rings (SSSR count). The van der Waals surface area contributed by atoms with Crippen LogP contribution in [0.15, 0.2) is 24.3 Å². The average Bonchev–Trinajstić information content (AvgIpc) is 1.88. The molecule has 0 aromatic heterocycles. The van der Waals surface area contributed by atoms with Crippen molar-refractivity contribution < 1.29 is 5.11 Å². The van der Waals surface area contributed by atoms with E-state index in [-0.39, 0.29) is 0 Å². The zero-order valence-electron chi connectivity index (χ0n) is 5.91. The Hall–Kier alpha value is -1.02. The molecule has 54 valence electrons. The first kappa shape index (κ1) is 7.09. The monoisotopic (exact) mass is 137 g/mol. The minimum Gasteiger partial charge on any atom is -0.398 e. The van der Waals surface area contributed by atoms with Gasteiger partial charge in [-0.15, -0.1) is 0 Å². The quantitative estimate of drug-likeness (QED) is 0.573. The molecule has 1 atom stereocenters. The van der Waals surface area contributed by atoms with E-state index in [9.17, 15) is 0 Å². The van der Waals surface area contributed by atoms with E-state index < -0.39 is 6.10 Å². The van der Waals surface area contributed by atoms with E-state index >= 15 is 0 Å². The predicted molar refractivity (Wildman–Crippen MR) is 41.5 cm³/mol. The van der Waals surface area contributed by atoms with E-state index in [0.29, 0.717) is 5.69 Å². The molecule has 0 amide bonds. The number of hydrogen-bond acceptors (Lipinski definition) is 2. The molecule has 0 bridgehead atoms. The molecule has 0 aliphatic rings. The van der Waals surface area contributed by atoms with Crippen LogP contribution >= 0.6 is 0 Å². The number of aliphatic hydroxyl groups excluding tert-OH is 1.